The molecule has 1 aliphatic rings. The highest BCUT2D eigenvalue weighted by Gasteiger charge is 2.23. The molecule has 0 atom stereocenters. The summed E-state index contributed by atoms with van der Waals surface area (Å²) < 4.78 is 19.3. The smallest absolute Gasteiger partial charge is 0.264 e. The van der Waals surface area contributed by atoms with E-state index in [1.807, 2.05) is 42.5 Å². The van der Waals surface area contributed by atoms with Crippen LogP contribution in [0.4, 0.5) is 10.1 Å². The molecular formula is C23H17FN2O2S. The van der Waals surface area contributed by atoms with Crippen molar-refractivity contribution in [2.45, 2.75) is 6.61 Å². The summed E-state index contributed by atoms with van der Waals surface area (Å²) in [6, 6.07) is 23.3. The largest absolute Gasteiger partial charge is 0.489 e. The van der Waals surface area contributed by atoms with Crippen molar-refractivity contribution in [1.29, 1.82) is 0 Å². The van der Waals surface area contributed by atoms with Gasteiger partial charge >= 0.3 is 0 Å². The molecule has 1 aliphatic heterocycles. The summed E-state index contributed by atoms with van der Waals surface area (Å²) >= 11 is 1.30. The van der Waals surface area contributed by atoms with Gasteiger partial charge in [0.25, 0.3) is 5.91 Å². The molecule has 3 aromatic rings. The molecule has 6 heteroatoms. The molecule has 1 heterocycles. The number of carbonyl (C=O) groups is 1. The van der Waals surface area contributed by atoms with E-state index in [4.69, 9.17) is 4.74 Å². The number of carbonyl (C=O) groups excluding carboxylic acids is 1. The quantitative estimate of drug-likeness (QED) is 0.588. The van der Waals surface area contributed by atoms with Crippen LogP contribution in [0.15, 0.2) is 88.8 Å². The Kier molecular flexibility index (Phi) is 5.72. The van der Waals surface area contributed by atoms with E-state index in [1.54, 1.807) is 36.4 Å². The molecule has 4 rings (SSSR count). The Morgan fingerprint density at radius 2 is 1.69 bits per heavy atom. The lowest BCUT2D eigenvalue weighted by atomic mass is 10.2. The maximum Gasteiger partial charge on any atom is 0.264 e. The minimum Gasteiger partial charge on any atom is -0.489 e. The molecule has 144 valence electrons. The van der Waals surface area contributed by atoms with Gasteiger partial charge in [-0.3, -0.25) is 4.79 Å². The number of halogens is 1. The summed E-state index contributed by atoms with van der Waals surface area (Å²) in [6.45, 7) is 0.157. The van der Waals surface area contributed by atoms with E-state index in [2.05, 4.69) is 10.3 Å². The molecule has 1 amide bonds. The fourth-order valence-electron chi connectivity index (χ4n) is 2.69. The Morgan fingerprint density at radius 3 is 2.45 bits per heavy atom. The average molecular weight is 404 g/mol. The molecule has 0 aromatic heterocycles. The summed E-state index contributed by atoms with van der Waals surface area (Å²) in [5.41, 5.74) is 2.15. The van der Waals surface area contributed by atoms with Crippen molar-refractivity contribution in [3.05, 3.63) is 101 Å². The van der Waals surface area contributed by atoms with Gasteiger partial charge in [0.2, 0.25) is 0 Å². The van der Waals surface area contributed by atoms with E-state index in [0.717, 1.165) is 11.3 Å². The molecule has 3 aromatic carbocycles. The Labute approximate surface area is 172 Å². The van der Waals surface area contributed by atoms with Gasteiger partial charge in [-0.2, -0.15) is 0 Å². The van der Waals surface area contributed by atoms with Crippen molar-refractivity contribution in [2.75, 3.05) is 0 Å². The second-order valence-corrected chi connectivity index (χ2v) is 7.30. The first-order valence-corrected chi connectivity index (χ1v) is 9.80. The van der Waals surface area contributed by atoms with Gasteiger partial charge < -0.3 is 10.1 Å². The number of nitrogens with zero attached hydrogens (tertiary/aromatic N) is 1. The lowest BCUT2D eigenvalue weighted by Crippen LogP contribution is -2.19. The van der Waals surface area contributed by atoms with E-state index in [0.29, 0.717) is 21.4 Å². The zero-order valence-corrected chi connectivity index (χ0v) is 16.2. The zero-order chi connectivity index (χ0) is 20.1. The van der Waals surface area contributed by atoms with Crippen molar-refractivity contribution in [3.8, 4) is 5.75 Å². The number of hydrogen-bond acceptors (Lipinski definition) is 4. The summed E-state index contributed by atoms with van der Waals surface area (Å²) in [5.74, 6) is 0.168. The van der Waals surface area contributed by atoms with Crippen molar-refractivity contribution in [3.63, 3.8) is 0 Å². The van der Waals surface area contributed by atoms with Gasteiger partial charge in [0, 0.05) is 5.56 Å². The normalized spacial score (nSPS) is 16.2. The highest BCUT2D eigenvalue weighted by molar-refractivity contribution is 8.18. The topological polar surface area (TPSA) is 50.7 Å². The number of ether oxygens (including phenoxy) is 1. The molecule has 0 radical (unpaired) electrons. The van der Waals surface area contributed by atoms with Gasteiger partial charge in [0.1, 0.15) is 18.2 Å². The molecular weight excluding hydrogens is 387 g/mol. The highest BCUT2D eigenvalue weighted by atomic mass is 32.2. The van der Waals surface area contributed by atoms with E-state index in [-0.39, 0.29) is 18.3 Å². The van der Waals surface area contributed by atoms with E-state index >= 15 is 0 Å². The minimum absolute atomic E-state index is 0.157. The first-order valence-electron chi connectivity index (χ1n) is 8.98. The van der Waals surface area contributed by atoms with Crippen LogP contribution < -0.4 is 10.1 Å². The van der Waals surface area contributed by atoms with Crippen LogP contribution in [0.5, 0.6) is 5.75 Å². The highest BCUT2D eigenvalue weighted by Crippen LogP contribution is 2.28. The van der Waals surface area contributed by atoms with Crippen LogP contribution >= 0.6 is 11.8 Å². The molecule has 1 N–H and O–H groups in total. The molecule has 1 fully saturated rings. The maximum absolute atomic E-state index is 13.7. The third-order valence-corrected chi connectivity index (χ3v) is 5.08. The predicted octanol–water partition coefficient (Wildman–Crippen LogP) is 5.30. The molecule has 0 unspecified atom stereocenters. The lowest BCUT2D eigenvalue weighted by molar-refractivity contribution is -0.115. The fourth-order valence-corrected chi connectivity index (χ4v) is 3.53. The summed E-state index contributed by atoms with van der Waals surface area (Å²) in [6.07, 6.45) is 1.80. The molecule has 29 heavy (non-hydrogen) atoms. The SMILES string of the molecule is O=C1NC(=Nc2ccccc2)SC1=Cc1ccc(OCc2ccccc2F)cc1. The number of rotatable bonds is 5. The second-order valence-electron chi connectivity index (χ2n) is 6.27. The zero-order valence-electron chi connectivity index (χ0n) is 15.3. The number of aliphatic imine (C=N–C) groups is 1. The first kappa shape index (κ1) is 19.0. The Hall–Kier alpha value is -3.38. The molecule has 4 nitrogen and oxygen atoms in total. The summed E-state index contributed by atoms with van der Waals surface area (Å²) in [7, 11) is 0. The second kappa shape index (κ2) is 8.75. The third kappa shape index (κ3) is 4.92. The van der Waals surface area contributed by atoms with Crippen LogP contribution in [0.2, 0.25) is 0 Å². The van der Waals surface area contributed by atoms with Crippen LogP contribution in [0.25, 0.3) is 6.08 Å². The van der Waals surface area contributed by atoms with Crippen LogP contribution in [0, 0.1) is 5.82 Å². The third-order valence-electron chi connectivity index (χ3n) is 4.17. The van der Waals surface area contributed by atoms with Gasteiger partial charge in [0.15, 0.2) is 5.17 Å². The van der Waals surface area contributed by atoms with Gasteiger partial charge in [-0.05, 0) is 53.7 Å². The number of amidine groups is 1. The monoisotopic (exact) mass is 404 g/mol. The number of benzene rings is 3. The Morgan fingerprint density at radius 1 is 0.966 bits per heavy atom. The van der Waals surface area contributed by atoms with Crippen molar-refractivity contribution in [2.24, 2.45) is 4.99 Å². The van der Waals surface area contributed by atoms with E-state index in [9.17, 15) is 9.18 Å². The fraction of sp³-hybridized carbons (Fsp3) is 0.0435. The molecule has 0 saturated carbocycles. The number of thioether (sulfide) groups is 1. The summed E-state index contributed by atoms with van der Waals surface area (Å²) in [5, 5.41) is 3.33. The summed E-state index contributed by atoms with van der Waals surface area (Å²) in [4.78, 5) is 17.2. The predicted molar refractivity (Wildman–Crippen MR) is 114 cm³/mol. The lowest BCUT2D eigenvalue weighted by Gasteiger charge is -2.07. The molecule has 0 bridgehead atoms. The van der Waals surface area contributed by atoms with Crippen LogP contribution in [-0.4, -0.2) is 11.1 Å². The van der Waals surface area contributed by atoms with Crippen LogP contribution in [0.3, 0.4) is 0 Å². The van der Waals surface area contributed by atoms with Crippen LogP contribution in [0.1, 0.15) is 11.1 Å². The molecule has 0 aliphatic carbocycles. The van der Waals surface area contributed by atoms with E-state index in [1.165, 1.54) is 17.8 Å². The maximum atomic E-state index is 13.7. The van der Waals surface area contributed by atoms with Crippen molar-refractivity contribution >= 4 is 34.6 Å². The molecule has 0 spiro atoms. The number of para-hydroxylation sites is 1. The first-order chi connectivity index (χ1) is 14.2. The number of hydrogen-bond donors (Lipinski definition) is 1. The van der Waals surface area contributed by atoms with Crippen LogP contribution in [-0.2, 0) is 11.4 Å². The Bertz CT molecular complexity index is 1080. The molecule has 1 saturated heterocycles. The van der Waals surface area contributed by atoms with Gasteiger partial charge in [-0.15, -0.1) is 0 Å². The van der Waals surface area contributed by atoms with Gasteiger partial charge in [-0.25, -0.2) is 9.38 Å². The van der Waals surface area contributed by atoms with E-state index < -0.39 is 0 Å². The Balaban J connectivity index is 1.41. The van der Waals surface area contributed by atoms with Crippen molar-refractivity contribution < 1.29 is 13.9 Å². The van der Waals surface area contributed by atoms with Gasteiger partial charge in [-0.1, -0.05) is 48.5 Å². The average Bonchev–Trinajstić information content (AvgIpc) is 3.08. The number of amides is 1. The van der Waals surface area contributed by atoms with Crippen molar-refractivity contribution in [1.82, 2.24) is 5.32 Å². The number of nitrogens with one attached hydrogen (secondary N) is 1. The standard InChI is InChI=1S/C23H17FN2O2S/c24-20-9-5-4-6-17(20)15-28-19-12-10-16(11-13-19)14-21-22(27)26-23(29-21)25-18-7-2-1-3-8-18/h1-14H,15H2,(H,25,26,27). The van der Waals surface area contributed by atoms with Gasteiger partial charge in [0.05, 0.1) is 10.6 Å². The minimum atomic E-state index is -0.286.